The molecule has 4 rings (SSSR count). The van der Waals surface area contributed by atoms with Crippen molar-refractivity contribution in [1.82, 2.24) is 10.3 Å². The Hall–Kier alpha value is -2.60. The van der Waals surface area contributed by atoms with Crippen LogP contribution in [0.15, 0.2) is 42.6 Å². The largest absolute Gasteiger partial charge is 0.474 e. The summed E-state index contributed by atoms with van der Waals surface area (Å²) in [5.74, 6) is 0.629. The van der Waals surface area contributed by atoms with Crippen molar-refractivity contribution < 1.29 is 14.3 Å². The molecule has 130 valence electrons. The molecule has 1 fully saturated rings. The van der Waals surface area contributed by atoms with Crippen molar-refractivity contribution in [2.75, 3.05) is 24.8 Å². The van der Waals surface area contributed by atoms with Crippen LogP contribution < -0.4 is 15.0 Å². The lowest BCUT2D eigenvalue weighted by Crippen LogP contribution is -2.42. The fourth-order valence-corrected chi connectivity index (χ4v) is 3.23. The second kappa shape index (κ2) is 7.11. The van der Waals surface area contributed by atoms with Crippen molar-refractivity contribution in [3.8, 4) is 5.88 Å². The molecular weight excluding hydrogens is 318 g/mol. The molecule has 2 aliphatic rings. The van der Waals surface area contributed by atoms with E-state index in [-0.39, 0.29) is 12.0 Å². The van der Waals surface area contributed by atoms with Gasteiger partial charge in [-0.1, -0.05) is 12.1 Å². The lowest BCUT2D eigenvalue weighted by atomic mass is 10.1. The molecule has 0 radical (unpaired) electrons. The molecule has 3 heterocycles. The Morgan fingerprint density at radius 3 is 2.96 bits per heavy atom. The first-order valence-corrected chi connectivity index (χ1v) is 8.61. The highest BCUT2D eigenvalue weighted by Gasteiger charge is 2.22. The third-order valence-electron chi connectivity index (χ3n) is 4.55. The highest BCUT2D eigenvalue weighted by atomic mass is 16.5. The second-order valence-electron chi connectivity index (χ2n) is 6.31. The number of anilines is 1. The molecular formula is C19H21N3O3. The number of para-hydroxylation sites is 1. The van der Waals surface area contributed by atoms with E-state index in [1.807, 2.05) is 36.4 Å². The quantitative estimate of drug-likeness (QED) is 0.926. The Morgan fingerprint density at radius 1 is 1.24 bits per heavy atom. The van der Waals surface area contributed by atoms with Gasteiger partial charge in [-0.05, 0) is 23.8 Å². The lowest BCUT2D eigenvalue weighted by molar-refractivity contribution is 0.0237. The molecule has 25 heavy (non-hydrogen) atoms. The molecule has 1 N–H and O–H groups in total. The van der Waals surface area contributed by atoms with Gasteiger partial charge in [0.1, 0.15) is 6.10 Å². The van der Waals surface area contributed by atoms with Crippen LogP contribution >= 0.6 is 0 Å². The fraction of sp³-hybridized carbons (Fsp3) is 0.368. The number of rotatable bonds is 4. The lowest BCUT2D eigenvalue weighted by Gasteiger charge is -2.31. The minimum absolute atomic E-state index is 0.0230. The van der Waals surface area contributed by atoms with Crippen molar-refractivity contribution in [2.45, 2.75) is 25.5 Å². The van der Waals surface area contributed by atoms with Crippen LogP contribution in [0.5, 0.6) is 5.88 Å². The van der Waals surface area contributed by atoms with E-state index in [1.165, 1.54) is 0 Å². The maximum atomic E-state index is 12.0. The topological polar surface area (TPSA) is 63.7 Å². The summed E-state index contributed by atoms with van der Waals surface area (Å²) in [7, 11) is 0. The third kappa shape index (κ3) is 3.58. The predicted octanol–water partition coefficient (Wildman–Crippen LogP) is 2.35. The molecule has 1 aromatic carbocycles. The first-order valence-electron chi connectivity index (χ1n) is 8.61. The normalized spacial score (nSPS) is 17.8. The number of aromatic nitrogens is 1. The summed E-state index contributed by atoms with van der Waals surface area (Å²) in [4.78, 5) is 18.5. The number of fused-ring (bicyclic) bond motifs is 1. The van der Waals surface area contributed by atoms with E-state index in [2.05, 4.69) is 15.2 Å². The first kappa shape index (κ1) is 15.9. The average Bonchev–Trinajstić information content (AvgIpc) is 2.65. The summed E-state index contributed by atoms with van der Waals surface area (Å²) in [6, 6.07) is 11.6. The van der Waals surface area contributed by atoms with Crippen molar-refractivity contribution in [3.05, 3.63) is 53.7 Å². The maximum Gasteiger partial charge on any atom is 0.254 e. The van der Waals surface area contributed by atoms with Gasteiger partial charge in [-0.25, -0.2) is 4.98 Å². The Morgan fingerprint density at radius 2 is 2.08 bits per heavy atom. The van der Waals surface area contributed by atoms with Crippen molar-refractivity contribution in [1.29, 1.82) is 0 Å². The monoisotopic (exact) mass is 339 g/mol. The van der Waals surface area contributed by atoms with E-state index in [4.69, 9.17) is 9.47 Å². The predicted molar refractivity (Wildman–Crippen MR) is 93.7 cm³/mol. The summed E-state index contributed by atoms with van der Waals surface area (Å²) >= 11 is 0. The SMILES string of the molecule is O=C1NCN(Cc2ccnc(OC3CCOCC3)c2)c2ccccc21. The van der Waals surface area contributed by atoms with Crippen molar-refractivity contribution in [3.63, 3.8) is 0 Å². The molecule has 0 aliphatic carbocycles. The zero-order valence-electron chi connectivity index (χ0n) is 14.0. The van der Waals surface area contributed by atoms with Crippen LogP contribution in [-0.4, -0.2) is 36.9 Å². The first-order chi connectivity index (χ1) is 12.3. The van der Waals surface area contributed by atoms with Crippen LogP contribution in [0.2, 0.25) is 0 Å². The van der Waals surface area contributed by atoms with Crippen molar-refractivity contribution >= 4 is 11.6 Å². The van der Waals surface area contributed by atoms with Crippen molar-refractivity contribution in [2.24, 2.45) is 0 Å². The van der Waals surface area contributed by atoms with E-state index in [1.54, 1.807) is 6.20 Å². The van der Waals surface area contributed by atoms with E-state index in [0.29, 0.717) is 24.7 Å². The zero-order valence-corrected chi connectivity index (χ0v) is 14.0. The average molecular weight is 339 g/mol. The number of carbonyl (C=O) groups excluding carboxylic acids is 1. The van der Waals surface area contributed by atoms with Crippen LogP contribution in [0.1, 0.15) is 28.8 Å². The van der Waals surface area contributed by atoms with Gasteiger partial charge in [-0.2, -0.15) is 0 Å². The number of ether oxygens (including phenoxy) is 2. The molecule has 1 aromatic heterocycles. The van der Waals surface area contributed by atoms with Crippen LogP contribution in [0, 0.1) is 0 Å². The number of benzene rings is 1. The highest BCUT2D eigenvalue weighted by molar-refractivity contribution is 6.01. The minimum Gasteiger partial charge on any atom is -0.474 e. The number of hydrogen-bond acceptors (Lipinski definition) is 5. The number of hydrogen-bond donors (Lipinski definition) is 1. The van der Waals surface area contributed by atoms with Crippen LogP contribution in [-0.2, 0) is 11.3 Å². The molecule has 1 amide bonds. The van der Waals surface area contributed by atoms with Crippen LogP contribution in [0.3, 0.4) is 0 Å². The fourth-order valence-electron chi connectivity index (χ4n) is 3.23. The number of nitrogens with zero attached hydrogens (tertiary/aromatic N) is 2. The number of nitrogens with one attached hydrogen (secondary N) is 1. The Labute approximate surface area is 146 Å². The van der Waals surface area contributed by atoms with E-state index < -0.39 is 0 Å². The van der Waals surface area contributed by atoms with E-state index in [0.717, 1.165) is 37.3 Å². The number of pyridine rings is 1. The number of carbonyl (C=O) groups is 1. The van der Waals surface area contributed by atoms with Gasteiger partial charge in [0, 0.05) is 31.6 Å². The smallest absolute Gasteiger partial charge is 0.254 e. The molecule has 0 unspecified atom stereocenters. The molecule has 6 heteroatoms. The molecule has 2 aliphatic heterocycles. The van der Waals surface area contributed by atoms with Gasteiger partial charge in [0.15, 0.2) is 0 Å². The van der Waals surface area contributed by atoms with Gasteiger partial charge in [0.05, 0.1) is 31.1 Å². The summed E-state index contributed by atoms with van der Waals surface area (Å²) in [5, 5.41) is 2.92. The van der Waals surface area contributed by atoms with Crippen LogP contribution in [0.25, 0.3) is 0 Å². The third-order valence-corrected chi connectivity index (χ3v) is 4.55. The molecule has 0 spiro atoms. The summed E-state index contributed by atoms with van der Waals surface area (Å²) in [6.07, 6.45) is 3.75. The minimum atomic E-state index is -0.0230. The molecule has 0 saturated carbocycles. The molecule has 0 bridgehead atoms. The Kier molecular flexibility index (Phi) is 4.52. The number of amides is 1. The molecule has 0 atom stereocenters. The van der Waals surface area contributed by atoms with Gasteiger partial charge < -0.3 is 19.7 Å². The van der Waals surface area contributed by atoms with Crippen LogP contribution in [0.4, 0.5) is 5.69 Å². The van der Waals surface area contributed by atoms with E-state index >= 15 is 0 Å². The summed E-state index contributed by atoms with van der Waals surface area (Å²) < 4.78 is 11.4. The molecule has 6 nitrogen and oxygen atoms in total. The molecule has 2 aromatic rings. The van der Waals surface area contributed by atoms with Gasteiger partial charge in [0.2, 0.25) is 5.88 Å². The highest BCUT2D eigenvalue weighted by Crippen LogP contribution is 2.25. The zero-order chi connectivity index (χ0) is 17.1. The second-order valence-corrected chi connectivity index (χ2v) is 6.31. The van der Waals surface area contributed by atoms with E-state index in [9.17, 15) is 4.79 Å². The summed E-state index contributed by atoms with van der Waals surface area (Å²) in [5.41, 5.74) is 2.76. The molecule has 1 saturated heterocycles. The maximum absolute atomic E-state index is 12.0. The van der Waals surface area contributed by atoms with Gasteiger partial charge in [-0.15, -0.1) is 0 Å². The van der Waals surface area contributed by atoms with Gasteiger partial charge in [-0.3, -0.25) is 4.79 Å². The summed E-state index contributed by atoms with van der Waals surface area (Å²) in [6.45, 7) is 2.67. The van der Waals surface area contributed by atoms with Gasteiger partial charge >= 0.3 is 0 Å². The Bertz CT molecular complexity index is 759. The Balaban J connectivity index is 1.49. The van der Waals surface area contributed by atoms with Gasteiger partial charge in [0.25, 0.3) is 5.91 Å². The standard InChI is InChI=1S/C19H21N3O3/c23-19-16-3-1-2-4-17(16)22(13-21-19)12-14-5-8-20-18(11-14)25-15-6-9-24-10-7-15/h1-5,8,11,15H,6-7,9-10,12-13H2,(H,21,23).